The van der Waals surface area contributed by atoms with E-state index in [0.717, 1.165) is 0 Å². The molecule has 2 aromatic rings. The average molecular weight is 272 g/mol. The van der Waals surface area contributed by atoms with Gasteiger partial charge in [-0.15, -0.1) is 0 Å². The van der Waals surface area contributed by atoms with E-state index in [1.807, 2.05) is 0 Å². The van der Waals surface area contributed by atoms with Crippen molar-refractivity contribution in [2.75, 3.05) is 5.43 Å². The molecule has 3 N–H and O–H groups in total. The van der Waals surface area contributed by atoms with E-state index in [9.17, 15) is 9.18 Å². The van der Waals surface area contributed by atoms with Gasteiger partial charge in [0.1, 0.15) is 11.6 Å². The minimum absolute atomic E-state index is 0.150. The Labute approximate surface area is 115 Å². The van der Waals surface area contributed by atoms with E-state index in [1.165, 1.54) is 12.1 Å². The lowest BCUT2D eigenvalue weighted by Crippen LogP contribution is -2.33. The second-order valence-corrected chi connectivity index (χ2v) is 4.83. The molecule has 0 fully saturated rings. The molecule has 0 aromatic heterocycles. The largest absolute Gasteiger partial charge is 0.474 e. The molecule has 0 spiro atoms. The number of rotatable bonds is 2. The molecule has 3 rings (SSSR count). The number of fused-ring (bicyclic) bond motifs is 1. The molecule has 1 aliphatic heterocycles. The number of benzene rings is 2. The predicted molar refractivity (Wildman–Crippen MR) is 73.0 cm³/mol. The number of hydrogen-bond acceptors (Lipinski definition) is 4. The van der Waals surface area contributed by atoms with E-state index >= 15 is 0 Å². The van der Waals surface area contributed by atoms with Gasteiger partial charge >= 0.3 is 0 Å². The highest BCUT2D eigenvalue weighted by Crippen LogP contribution is 2.42. The van der Waals surface area contributed by atoms with Crippen LogP contribution in [0.4, 0.5) is 10.1 Å². The third-order valence-corrected chi connectivity index (χ3v) is 3.54. The van der Waals surface area contributed by atoms with Crippen molar-refractivity contribution in [1.82, 2.24) is 0 Å². The molecular weight excluding hydrogens is 259 g/mol. The third kappa shape index (κ3) is 1.75. The van der Waals surface area contributed by atoms with E-state index in [1.54, 1.807) is 37.3 Å². The zero-order chi connectivity index (χ0) is 14.3. The Balaban J connectivity index is 2.05. The zero-order valence-corrected chi connectivity index (χ0v) is 10.8. The Morgan fingerprint density at radius 2 is 1.90 bits per heavy atom. The van der Waals surface area contributed by atoms with Crippen molar-refractivity contribution in [3.05, 3.63) is 59.4 Å². The normalized spacial score (nSPS) is 20.4. The summed E-state index contributed by atoms with van der Waals surface area (Å²) in [6.45, 7) is 1.68. The second-order valence-electron chi connectivity index (χ2n) is 4.83. The number of hydrazine groups is 1. The smallest absolute Gasteiger partial charge is 0.214 e. The summed E-state index contributed by atoms with van der Waals surface area (Å²) < 4.78 is 18.8. The number of carbonyl (C=O) groups is 1. The van der Waals surface area contributed by atoms with E-state index < -0.39 is 5.60 Å². The number of nitrogens with two attached hydrogens (primary N) is 1. The van der Waals surface area contributed by atoms with Crippen LogP contribution in [0.2, 0.25) is 0 Å². The van der Waals surface area contributed by atoms with Crippen LogP contribution in [-0.2, 0) is 5.60 Å². The Bertz CT molecular complexity index is 685. The number of nitrogen functional groups attached to an aromatic ring is 1. The highest BCUT2D eigenvalue weighted by atomic mass is 19.1. The molecular formula is C15H13FN2O2. The molecule has 5 heteroatoms. The molecule has 102 valence electrons. The molecule has 2 aromatic carbocycles. The highest BCUT2D eigenvalue weighted by molar-refractivity contribution is 6.08. The first kappa shape index (κ1) is 12.6. The summed E-state index contributed by atoms with van der Waals surface area (Å²) in [7, 11) is 0. The van der Waals surface area contributed by atoms with Crippen molar-refractivity contribution in [3.8, 4) is 5.75 Å². The number of nitrogens with one attached hydrogen (secondary N) is 1. The Hall–Kier alpha value is -2.40. The molecule has 1 atom stereocenters. The number of carbonyl (C=O) groups excluding carboxylic acids is 1. The minimum atomic E-state index is -1.14. The Morgan fingerprint density at radius 1 is 1.20 bits per heavy atom. The van der Waals surface area contributed by atoms with Gasteiger partial charge in [-0.25, -0.2) is 4.39 Å². The second kappa shape index (κ2) is 4.31. The van der Waals surface area contributed by atoms with E-state index in [-0.39, 0.29) is 11.6 Å². The molecule has 1 heterocycles. The minimum Gasteiger partial charge on any atom is -0.474 e. The number of ketones is 1. The first-order chi connectivity index (χ1) is 9.54. The van der Waals surface area contributed by atoms with Gasteiger partial charge in [0.05, 0.1) is 11.3 Å². The number of halogens is 1. The van der Waals surface area contributed by atoms with Crippen molar-refractivity contribution < 1.29 is 13.9 Å². The fraction of sp³-hybridized carbons (Fsp3) is 0.133. The molecule has 20 heavy (non-hydrogen) atoms. The molecule has 0 radical (unpaired) electrons. The van der Waals surface area contributed by atoms with Crippen LogP contribution in [0, 0.1) is 5.82 Å². The summed E-state index contributed by atoms with van der Waals surface area (Å²) in [6.07, 6.45) is 0. The van der Waals surface area contributed by atoms with Crippen LogP contribution < -0.4 is 16.0 Å². The van der Waals surface area contributed by atoms with Gasteiger partial charge in [0.15, 0.2) is 5.60 Å². The summed E-state index contributed by atoms with van der Waals surface area (Å²) in [5.41, 5.74) is 3.13. The van der Waals surface area contributed by atoms with Crippen molar-refractivity contribution in [3.63, 3.8) is 0 Å². The quantitative estimate of drug-likeness (QED) is 0.651. The molecule has 0 amide bonds. The summed E-state index contributed by atoms with van der Waals surface area (Å²) >= 11 is 0. The molecule has 0 saturated heterocycles. The Morgan fingerprint density at radius 3 is 2.55 bits per heavy atom. The first-order valence-electron chi connectivity index (χ1n) is 6.15. The maximum absolute atomic E-state index is 13.0. The topological polar surface area (TPSA) is 64.3 Å². The number of anilines is 1. The maximum atomic E-state index is 13.0. The van der Waals surface area contributed by atoms with Crippen LogP contribution in [0.5, 0.6) is 5.75 Å². The molecule has 0 bridgehead atoms. The van der Waals surface area contributed by atoms with Crippen LogP contribution in [0.15, 0.2) is 42.5 Å². The van der Waals surface area contributed by atoms with Crippen molar-refractivity contribution >= 4 is 11.5 Å². The summed E-state index contributed by atoms with van der Waals surface area (Å²) in [6, 6.07) is 10.8. The first-order valence-corrected chi connectivity index (χ1v) is 6.15. The van der Waals surface area contributed by atoms with Crippen LogP contribution in [0.1, 0.15) is 22.8 Å². The monoisotopic (exact) mass is 272 g/mol. The fourth-order valence-electron chi connectivity index (χ4n) is 2.37. The summed E-state index contributed by atoms with van der Waals surface area (Å²) in [5, 5.41) is 0. The van der Waals surface area contributed by atoms with Gasteiger partial charge in [0, 0.05) is 11.6 Å². The van der Waals surface area contributed by atoms with Gasteiger partial charge < -0.3 is 10.2 Å². The van der Waals surface area contributed by atoms with Gasteiger partial charge in [-0.05, 0) is 31.2 Å². The van der Waals surface area contributed by atoms with Gasteiger partial charge in [0.2, 0.25) is 5.78 Å². The van der Waals surface area contributed by atoms with E-state index in [2.05, 4.69) is 5.43 Å². The lowest BCUT2D eigenvalue weighted by molar-refractivity contribution is 0.0619. The van der Waals surface area contributed by atoms with Gasteiger partial charge in [-0.3, -0.25) is 10.6 Å². The number of Topliss-reactive ketones (excluding diaryl/α,β-unsaturated/α-hetero) is 1. The van der Waals surface area contributed by atoms with Crippen molar-refractivity contribution in [2.45, 2.75) is 12.5 Å². The third-order valence-electron chi connectivity index (χ3n) is 3.54. The average Bonchev–Trinajstić information content (AvgIpc) is 2.71. The number of ether oxygens (including phenoxy) is 1. The summed E-state index contributed by atoms with van der Waals surface area (Å²) in [4.78, 5) is 12.5. The van der Waals surface area contributed by atoms with Crippen LogP contribution >= 0.6 is 0 Å². The van der Waals surface area contributed by atoms with E-state index in [0.29, 0.717) is 22.6 Å². The maximum Gasteiger partial charge on any atom is 0.214 e. The zero-order valence-electron chi connectivity index (χ0n) is 10.8. The SMILES string of the molecule is CC1(c2ccc(F)cc2)Oc2cc(NN)ccc2C1=O. The fourth-order valence-corrected chi connectivity index (χ4v) is 2.37. The Kier molecular flexibility index (Phi) is 2.72. The van der Waals surface area contributed by atoms with Gasteiger partial charge in [-0.1, -0.05) is 12.1 Å². The standard InChI is InChI=1S/C15H13FN2O2/c1-15(9-2-4-10(16)5-3-9)14(19)12-7-6-11(18-17)8-13(12)20-15/h2-8,18H,17H2,1H3. The van der Waals surface area contributed by atoms with Crippen LogP contribution in [-0.4, -0.2) is 5.78 Å². The molecule has 0 saturated carbocycles. The lowest BCUT2D eigenvalue weighted by Gasteiger charge is -2.22. The lowest BCUT2D eigenvalue weighted by atomic mass is 9.90. The van der Waals surface area contributed by atoms with Crippen LogP contribution in [0.3, 0.4) is 0 Å². The van der Waals surface area contributed by atoms with E-state index in [4.69, 9.17) is 10.6 Å². The van der Waals surface area contributed by atoms with Crippen molar-refractivity contribution in [1.29, 1.82) is 0 Å². The molecule has 4 nitrogen and oxygen atoms in total. The predicted octanol–water partition coefficient (Wildman–Crippen LogP) is 2.60. The van der Waals surface area contributed by atoms with Crippen molar-refractivity contribution in [2.24, 2.45) is 5.84 Å². The molecule has 1 unspecified atom stereocenters. The van der Waals surface area contributed by atoms with Crippen LogP contribution in [0.25, 0.3) is 0 Å². The van der Waals surface area contributed by atoms with Gasteiger partial charge in [-0.2, -0.15) is 0 Å². The summed E-state index contributed by atoms with van der Waals surface area (Å²) in [5.74, 6) is 5.31. The highest BCUT2D eigenvalue weighted by Gasteiger charge is 2.45. The molecule has 0 aliphatic carbocycles. The molecule has 1 aliphatic rings. The van der Waals surface area contributed by atoms with Gasteiger partial charge in [0.25, 0.3) is 0 Å². The number of hydrogen-bond donors (Lipinski definition) is 2.